The fourth-order valence-electron chi connectivity index (χ4n) is 2.66. The number of pyridine rings is 1. The Bertz CT molecular complexity index is 690. The van der Waals surface area contributed by atoms with Crippen molar-refractivity contribution in [1.82, 2.24) is 14.8 Å². The molecule has 130 valence electrons. The molecule has 2 aromatic heterocycles. The highest BCUT2D eigenvalue weighted by molar-refractivity contribution is 5.90. The summed E-state index contributed by atoms with van der Waals surface area (Å²) in [5.41, 5.74) is 4.00. The van der Waals surface area contributed by atoms with Crippen LogP contribution < -0.4 is 10.1 Å². The van der Waals surface area contributed by atoms with Crippen LogP contribution >= 0.6 is 0 Å². The summed E-state index contributed by atoms with van der Waals surface area (Å²) < 4.78 is 7.04. The van der Waals surface area contributed by atoms with Crippen LogP contribution in [-0.4, -0.2) is 27.8 Å². The second kappa shape index (κ2) is 7.95. The van der Waals surface area contributed by atoms with Gasteiger partial charge in [-0.3, -0.25) is 9.48 Å². The number of aromatic nitrogens is 3. The molecule has 0 aliphatic heterocycles. The van der Waals surface area contributed by atoms with E-state index in [1.54, 1.807) is 25.4 Å². The Morgan fingerprint density at radius 2 is 2.08 bits per heavy atom. The van der Waals surface area contributed by atoms with Crippen LogP contribution in [0.5, 0.6) is 5.88 Å². The molecule has 0 saturated carbocycles. The zero-order valence-corrected chi connectivity index (χ0v) is 15.1. The first kappa shape index (κ1) is 18.0. The van der Waals surface area contributed by atoms with Gasteiger partial charge in [-0.25, -0.2) is 4.98 Å². The number of hydrogen-bond acceptors (Lipinski definition) is 4. The highest BCUT2D eigenvalue weighted by atomic mass is 16.5. The van der Waals surface area contributed by atoms with Crippen molar-refractivity contribution in [3.8, 4) is 5.88 Å². The van der Waals surface area contributed by atoms with Crippen molar-refractivity contribution in [2.24, 2.45) is 5.92 Å². The Morgan fingerprint density at radius 1 is 1.33 bits per heavy atom. The van der Waals surface area contributed by atoms with Gasteiger partial charge in [-0.1, -0.05) is 13.8 Å². The number of nitrogens with zero attached hydrogens (tertiary/aromatic N) is 3. The van der Waals surface area contributed by atoms with E-state index in [4.69, 9.17) is 4.74 Å². The van der Waals surface area contributed by atoms with Crippen molar-refractivity contribution in [2.45, 2.75) is 47.1 Å². The van der Waals surface area contributed by atoms with Gasteiger partial charge in [-0.15, -0.1) is 0 Å². The number of nitrogens with one attached hydrogen (secondary N) is 1. The average Bonchev–Trinajstić information content (AvgIpc) is 2.79. The van der Waals surface area contributed by atoms with Gasteiger partial charge in [-0.2, -0.15) is 5.10 Å². The van der Waals surface area contributed by atoms with E-state index < -0.39 is 0 Å². The summed E-state index contributed by atoms with van der Waals surface area (Å²) in [4.78, 5) is 16.2. The molecule has 24 heavy (non-hydrogen) atoms. The zero-order valence-electron chi connectivity index (χ0n) is 15.1. The molecule has 0 fully saturated rings. The third kappa shape index (κ3) is 4.57. The van der Waals surface area contributed by atoms with Crippen LogP contribution in [0.3, 0.4) is 0 Å². The number of ether oxygens (including phenoxy) is 1. The standard InChI is InChI=1S/C18H26N4O2/c1-12(2)11-22-14(4)16(13(3)21-22)7-8-17(23)20-15-6-9-18(24-5)19-10-15/h6,9-10,12H,7-8,11H2,1-5H3,(H,20,23). The molecule has 6 heteroatoms. The minimum atomic E-state index is -0.0302. The van der Waals surface area contributed by atoms with E-state index in [0.29, 0.717) is 30.3 Å². The molecule has 0 unspecified atom stereocenters. The molecule has 0 bridgehead atoms. The summed E-state index contributed by atoms with van der Waals surface area (Å²) in [6, 6.07) is 3.50. The van der Waals surface area contributed by atoms with E-state index in [0.717, 1.165) is 17.9 Å². The summed E-state index contributed by atoms with van der Waals surface area (Å²) in [6.07, 6.45) is 2.69. The third-order valence-electron chi connectivity index (χ3n) is 3.90. The lowest BCUT2D eigenvalue weighted by atomic mass is 10.1. The van der Waals surface area contributed by atoms with Crippen LogP contribution in [0.2, 0.25) is 0 Å². The highest BCUT2D eigenvalue weighted by Gasteiger charge is 2.14. The van der Waals surface area contributed by atoms with E-state index in [1.165, 1.54) is 5.56 Å². The fourth-order valence-corrected chi connectivity index (χ4v) is 2.66. The largest absolute Gasteiger partial charge is 0.481 e. The Kier molecular flexibility index (Phi) is 5.95. The number of carbonyl (C=O) groups is 1. The minimum Gasteiger partial charge on any atom is -0.481 e. The Labute approximate surface area is 143 Å². The van der Waals surface area contributed by atoms with Gasteiger partial charge in [0.1, 0.15) is 0 Å². The lowest BCUT2D eigenvalue weighted by Gasteiger charge is -2.08. The summed E-state index contributed by atoms with van der Waals surface area (Å²) in [5.74, 6) is 1.04. The maximum Gasteiger partial charge on any atom is 0.224 e. The van der Waals surface area contributed by atoms with Crippen LogP contribution in [-0.2, 0) is 17.8 Å². The average molecular weight is 330 g/mol. The van der Waals surface area contributed by atoms with Gasteiger partial charge in [0, 0.05) is 24.7 Å². The van der Waals surface area contributed by atoms with Crippen LogP contribution in [0.4, 0.5) is 5.69 Å². The first-order valence-electron chi connectivity index (χ1n) is 8.23. The molecule has 6 nitrogen and oxygen atoms in total. The van der Waals surface area contributed by atoms with E-state index >= 15 is 0 Å². The molecule has 1 amide bonds. The molecule has 0 aromatic carbocycles. The molecule has 0 saturated heterocycles. The van der Waals surface area contributed by atoms with E-state index in [-0.39, 0.29) is 5.91 Å². The lowest BCUT2D eigenvalue weighted by molar-refractivity contribution is -0.116. The van der Waals surface area contributed by atoms with Crippen LogP contribution in [0.15, 0.2) is 18.3 Å². The number of anilines is 1. The molecular formula is C18H26N4O2. The summed E-state index contributed by atoms with van der Waals surface area (Å²) in [5, 5.41) is 7.45. The number of hydrogen-bond donors (Lipinski definition) is 1. The van der Waals surface area contributed by atoms with Crippen molar-refractivity contribution >= 4 is 11.6 Å². The monoisotopic (exact) mass is 330 g/mol. The molecule has 0 radical (unpaired) electrons. The zero-order chi connectivity index (χ0) is 17.7. The first-order valence-corrected chi connectivity index (χ1v) is 8.23. The van der Waals surface area contributed by atoms with Crippen molar-refractivity contribution < 1.29 is 9.53 Å². The molecule has 2 heterocycles. The second-order valence-corrected chi connectivity index (χ2v) is 6.36. The van der Waals surface area contributed by atoms with Crippen molar-refractivity contribution in [2.75, 3.05) is 12.4 Å². The van der Waals surface area contributed by atoms with Gasteiger partial charge in [0.15, 0.2) is 0 Å². The molecule has 0 spiro atoms. The van der Waals surface area contributed by atoms with Crippen LogP contribution in [0.25, 0.3) is 0 Å². The van der Waals surface area contributed by atoms with Crippen molar-refractivity contribution in [1.29, 1.82) is 0 Å². The van der Waals surface area contributed by atoms with Gasteiger partial charge in [-0.05, 0) is 37.8 Å². The maximum atomic E-state index is 12.2. The van der Waals surface area contributed by atoms with Crippen LogP contribution in [0, 0.1) is 19.8 Å². The minimum absolute atomic E-state index is 0.0302. The van der Waals surface area contributed by atoms with Crippen molar-refractivity contribution in [3.63, 3.8) is 0 Å². The molecule has 0 aliphatic rings. The van der Waals surface area contributed by atoms with Crippen molar-refractivity contribution in [3.05, 3.63) is 35.3 Å². The second-order valence-electron chi connectivity index (χ2n) is 6.36. The fraction of sp³-hybridized carbons (Fsp3) is 0.500. The number of rotatable bonds is 7. The quantitative estimate of drug-likeness (QED) is 0.847. The molecule has 0 atom stereocenters. The molecular weight excluding hydrogens is 304 g/mol. The topological polar surface area (TPSA) is 69.0 Å². The summed E-state index contributed by atoms with van der Waals surface area (Å²) in [7, 11) is 1.56. The van der Waals surface area contributed by atoms with Gasteiger partial charge < -0.3 is 10.1 Å². The predicted octanol–water partition coefficient (Wildman–Crippen LogP) is 3.13. The molecule has 2 rings (SSSR count). The van der Waals surface area contributed by atoms with Gasteiger partial charge >= 0.3 is 0 Å². The van der Waals surface area contributed by atoms with Crippen LogP contribution in [0.1, 0.15) is 37.2 Å². The normalized spacial score (nSPS) is 10.9. The molecule has 0 aliphatic carbocycles. The van der Waals surface area contributed by atoms with E-state index in [1.807, 2.05) is 11.6 Å². The smallest absolute Gasteiger partial charge is 0.224 e. The molecule has 2 aromatic rings. The number of carbonyl (C=O) groups excluding carboxylic acids is 1. The summed E-state index contributed by atoms with van der Waals surface area (Å²) >= 11 is 0. The Balaban J connectivity index is 1.94. The first-order chi connectivity index (χ1) is 11.4. The summed E-state index contributed by atoms with van der Waals surface area (Å²) in [6.45, 7) is 9.32. The van der Waals surface area contributed by atoms with E-state index in [9.17, 15) is 4.79 Å². The number of aryl methyl sites for hydroxylation is 1. The molecule has 1 N–H and O–H groups in total. The number of amides is 1. The SMILES string of the molecule is COc1ccc(NC(=O)CCc2c(C)nn(CC(C)C)c2C)cn1. The van der Waals surface area contributed by atoms with Gasteiger partial charge in [0.25, 0.3) is 0 Å². The van der Waals surface area contributed by atoms with Gasteiger partial charge in [0.05, 0.1) is 24.7 Å². The predicted molar refractivity (Wildman–Crippen MR) is 94.3 cm³/mol. The van der Waals surface area contributed by atoms with Gasteiger partial charge in [0.2, 0.25) is 11.8 Å². The number of methoxy groups -OCH3 is 1. The third-order valence-corrected chi connectivity index (χ3v) is 3.90. The Hall–Kier alpha value is -2.37. The highest BCUT2D eigenvalue weighted by Crippen LogP contribution is 2.17. The Morgan fingerprint density at radius 3 is 2.67 bits per heavy atom. The maximum absolute atomic E-state index is 12.2. The lowest BCUT2D eigenvalue weighted by Crippen LogP contribution is -2.13. The van der Waals surface area contributed by atoms with E-state index in [2.05, 4.69) is 36.2 Å².